The SMILES string of the molecule is CCc1nn(C2CCCC2)c2c1CNCC(c1ccc(F)cc1)=N2. The molecule has 0 bridgehead atoms. The maximum Gasteiger partial charge on any atom is 0.155 e. The number of aryl methyl sites for hydroxylation is 1. The highest BCUT2D eigenvalue weighted by Gasteiger charge is 2.26. The molecule has 126 valence electrons. The third-order valence-corrected chi connectivity index (χ3v) is 5.08. The van der Waals surface area contributed by atoms with E-state index >= 15 is 0 Å². The lowest BCUT2D eigenvalue weighted by Crippen LogP contribution is -2.21. The molecule has 1 aliphatic carbocycles. The molecule has 0 unspecified atom stereocenters. The molecule has 2 aliphatic rings. The van der Waals surface area contributed by atoms with Crippen LogP contribution in [-0.4, -0.2) is 22.0 Å². The lowest BCUT2D eigenvalue weighted by molar-refractivity contribution is 0.467. The predicted molar refractivity (Wildman–Crippen MR) is 93.4 cm³/mol. The summed E-state index contributed by atoms with van der Waals surface area (Å²) in [5, 5.41) is 8.35. The Morgan fingerprint density at radius 1 is 1.17 bits per heavy atom. The van der Waals surface area contributed by atoms with E-state index in [1.165, 1.54) is 43.4 Å². The highest BCUT2D eigenvalue weighted by Crippen LogP contribution is 2.36. The zero-order valence-corrected chi connectivity index (χ0v) is 14.1. The highest BCUT2D eigenvalue weighted by molar-refractivity contribution is 6.03. The smallest absolute Gasteiger partial charge is 0.155 e. The third-order valence-electron chi connectivity index (χ3n) is 5.08. The molecular formula is C19H23FN4. The second kappa shape index (κ2) is 6.48. The Morgan fingerprint density at radius 3 is 2.62 bits per heavy atom. The summed E-state index contributed by atoms with van der Waals surface area (Å²) in [5.74, 6) is 0.786. The van der Waals surface area contributed by atoms with Crippen LogP contribution >= 0.6 is 0 Å². The summed E-state index contributed by atoms with van der Waals surface area (Å²) in [6, 6.07) is 7.07. The van der Waals surface area contributed by atoms with E-state index in [4.69, 9.17) is 10.1 Å². The van der Waals surface area contributed by atoms with Crippen LogP contribution in [0.4, 0.5) is 10.2 Å². The quantitative estimate of drug-likeness (QED) is 0.929. The van der Waals surface area contributed by atoms with Crippen molar-refractivity contribution >= 4 is 11.5 Å². The largest absolute Gasteiger partial charge is 0.307 e. The number of halogens is 1. The van der Waals surface area contributed by atoms with Crippen molar-refractivity contribution in [1.82, 2.24) is 15.1 Å². The molecular weight excluding hydrogens is 303 g/mol. The summed E-state index contributed by atoms with van der Waals surface area (Å²) in [6.45, 7) is 3.63. The van der Waals surface area contributed by atoms with Crippen LogP contribution < -0.4 is 5.32 Å². The molecule has 1 aliphatic heterocycles. The van der Waals surface area contributed by atoms with Gasteiger partial charge in [-0.05, 0) is 37.0 Å². The molecule has 1 saturated carbocycles. The monoisotopic (exact) mass is 326 g/mol. The lowest BCUT2D eigenvalue weighted by Gasteiger charge is -2.12. The van der Waals surface area contributed by atoms with Crippen molar-refractivity contribution in [2.24, 2.45) is 4.99 Å². The van der Waals surface area contributed by atoms with Gasteiger partial charge in [0.2, 0.25) is 0 Å². The number of benzene rings is 1. The lowest BCUT2D eigenvalue weighted by atomic mass is 10.1. The first-order valence-corrected chi connectivity index (χ1v) is 8.90. The van der Waals surface area contributed by atoms with Crippen LogP contribution in [-0.2, 0) is 13.0 Å². The maximum absolute atomic E-state index is 13.2. The van der Waals surface area contributed by atoms with E-state index in [1.807, 2.05) is 0 Å². The summed E-state index contributed by atoms with van der Waals surface area (Å²) in [6.07, 6.45) is 5.84. The van der Waals surface area contributed by atoms with Gasteiger partial charge in [-0.2, -0.15) is 5.10 Å². The van der Waals surface area contributed by atoms with Gasteiger partial charge in [0.15, 0.2) is 5.82 Å². The molecule has 0 saturated heterocycles. The van der Waals surface area contributed by atoms with E-state index in [0.29, 0.717) is 12.6 Å². The van der Waals surface area contributed by atoms with Gasteiger partial charge in [0.25, 0.3) is 0 Å². The third kappa shape index (κ3) is 2.77. The van der Waals surface area contributed by atoms with Crippen LogP contribution in [0.1, 0.15) is 55.5 Å². The molecule has 0 atom stereocenters. The number of aliphatic imine (C=N–C) groups is 1. The first kappa shape index (κ1) is 15.5. The summed E-state index contributed by atoms with van der Waals surface area (Å²) < 4.78 is 15.4. The fourth-order valence-electron chi connectivity index (χ4n) is 3.77. The summed E-state index contributed by atoms with van der Waals surface area (Å²) >= 11 is 0. The van der Waals surface area contributed by atoms with Gasteiger partial charge in [0.1, 0.15) is 5.82 Å². The molecule has 1 fully saturated rings. The molecule has 0 radical (unpaired) electrons. The van der Waals surface area contributed by atoms with Crippen molar-refractivity contribution in [2.75, 3.05) is 6.54 Å². The van der Waals surface area contributed by atoms with Gasteiger partial charge in [-0.25, -0.2) is 14.1 Å². The van der Waals surface area contributed by atoms with E-state index in [2.05, 4.69) is 16.9 Å². The Bertz CT molecular complexity index is 754. The average Bonchev–Trinajstić information content (AvgIpc) is 3.18. The van der Waals surface area contributed by atoms with Crippen LogP contribution in [0.3, 0.4) is 0 Å². The number of nitrogens with zero attached hydrogens (tertiary/aromatic N) is 3. The van der Waals surface area contributed by atoms with Crippen molar-refractivity contribution in [2.45, 2.75) is 51.6 Å². The second-order valence-electron chi connectivity index (χ2n) is 6.65. The van der Waals surface area contributed by atoms with Crippen molar-refractivity contribution in [3.8, 4) is 0 Å². The molecule has 2 heterocycles. The molecule has 24 heavy (non-hydrogen) atoms. The van der Waals surface area contributed by atoms with Gasteiger partial charge in [-0.3, -0.25) is 0 Å². The highest BCUT2D eigenvalue weighted by atomic mass is 19.1. The van der Waals surface area contributed by atoms with E-state index < -0.39 is 0 Å². The van der Waals surface area contributed by atoms with Crippen LogP contribution in [0.2, 0.25) is 0 Å². The number of hydrogen-bond acceptors (Lipinski definition) is 3. The number of hydrogen-bond donors (Lipinski definition) is 1. The minimum Gasteiger partial charge on any atom is -0.307 e. The molecule has 1 aromatic heterocycles. The zero-order valence-electron chi connectivity index (χ0n) is 14.1. The fraction of sp³-hybridized carbons (Fsp3) is 0.474. The van der Waals surface area contributed by atoms with Crippen LogP contribution in [0.5, 0.6) is 0 Å². The number of nitrogens with one attached hydrogen (secondary N) is 1. The molecule has 2 aromatic rings. The Labute approximate surface area is 141 Å². The van der Waals surface area contributed by atoms with Gasteiger partial charge in [-0.15, -0.1) is 0 Å². The van der Waals surface area contributed by atoms with Crippen LogP contribution in [0, 0.1) is 5.82 Å². The van der Waals surface area contributed by atoms with Crippen LogP contribution in [0.15, 0.2) is 29.3 Å². The van der Waals surface area contributed by atoms with Crippen LogP contribution in [0.25, 0.3) is 0 Å². The second-order valence-corrected chi connectivity index (χ2v) is 6.65. The Hall–Kier alpha value is -2.01. The molecule has 4 rings (SSSR count). The molecule has 4 nitrogen and oxygen atoms in total. The van der Waals surface area contributed by atoms with E-state index in [1.54, 1.807) is 12.1 Å². The molecule has 0 spiro atoms. The Balaban J connectivity index is 1.80. The van der Waals surface area contributed by atoms with Crippen molar-refractivity contribution in [3.63, 3.8) is 0 Å². The standard InChI is InChI=1S/C19H23FN4/c1-2-17-16-11-21-12-18(13-7-9-14(20)10-8-13)22-19(16)24(23-17)15-5-3-4-6-15/h7-10,15,21H,2-6,11-12H2,1H3. The first-order chi connectivity index (χ1) is 11.8. The Kier molecular flexibility index (Phi) is 4.19. The number of fused-ring (bicyclic) bond motifs is 1. The minimum absolute atomic E-state index is 0.217. The number of rotatable bonds is 3. The zero-order chi connectivity index (χ0) is 16.5. The summed E-state index contributed by atoms with van der Waals surface area (Å²) in [4.78, 5) is 4.98. The fourth-order valence-corrected chi connectivity index (χ4v) is 3.77. The molecule has 1 aromatic carbocycles. The van der Waals surface area contributed by atoms with Gasteiger partial charge in [0, 0.05) is 18.7 Å². The van der Waals surface area contributed by atoms with Gasteiger partial charge in [-0.1, -0.05) is 31.9 Å². The van der Waals surface area contributed by atoms with E-state index in [-0.39, 0.29) is 5.82 Å². The predicted octanol–water partition coefficient (Wildman–Crippen LogP) is 3.92. The summed E-state index contributed by atoms with van der Waals surface area (Å²) in [7, 11) is 0. The Morgan fingerprint density at radius 2 is 1.92 bits per heavy atom. The molecule has 0 amide bonds. The first-order valence-electron chi connectivity index (χ1n) is 8.90. The minimum atomic E-state index is -0.217. The molecule has 5 heteroatoms. The topological polar surface area (TPSA) is 42.2 Å². The van der Waals surface area contributed by atoms with Gasteiger partial charge in [0.05, 0.1) is 17.4 Å². The van der Waals surface area contributed by atoms with Gasteiger partial charge < -0.3 is 5.32 Å². The van der Waals surface area contributed by atoms with Crippen molar-refractivity contribution in [1.29, 1.82) is 0 Å². The van der Waals surface area contributed by atoms with Gasteiger partial charge >= 0.3 is 0 Å². The normalized spacial score (nSPS) is 18.3. The van der Waals surface area contributed by atoms with Crippen molar-refractivity contribution < 1.29 is 4.39 Å². The average molecular weight is 326 g/mol. The van der Waals surface area contributed by atoms with E-state index in [0.717, 1.165) is 35.8 Å². The molecule has 1 N–H and O–H groups in total. The van der Waals surface area contributed by atoms with E-state index in [9.17, 15) is 4.39 Å². The van der Waals surface area contributed by atoms with Crippen molar-refractivity contribution in [3.05, 3.63) is 46.9 Å². The maximum atomic E-state index is 13.2. The summed E-state index contributed by atoms with van der Waals surface area (Å²) in [5.41, 5.74) is 4.29. The number of aromatic nitrogens is 2.